The van der Waals surface area contributed by atoms with E-state index in [0.29, 0.717) is 29.6 Å². The number of carbonyl (C=O) groups excluding carboxylic acids is 1. The lowest BCUT2D eigenvalue weighted by atomic mass is 10.0. The van der Waals surface area contributed by atoms with E-state index in [1.807, 2.05) is 11.8 Å². The molecule has 2 rings (SSSR count). The first kappa shape index (κ1) is 15.8. The molecule has 1 aliphatic rings. The minimum absolute atomic E-state index is 0.0650. The van der Waals surface area contributed by atoms with Gasteiger partial charge in [-0.15, -0.1) is 0 Å². The maximum Gasteiger partial charge on any atom is 0.254 e. The Balaban J connectivity index is 2.22. The third-order valence-corrected chi connectivity index (χ3v) is 5.30. The highest BCUT2D eigenvalue weighted by molar-refractivity contribution is 9.10. The lowest BCUT2D eigenvalue weighted by Gasteiger charge is -2.32. The zero-order chi connectivity index (χ0) is 14.7. The van der Waals surface area contributed by atoms with Crippen LogP contribution in [0.15, 0.2) is 22.7 Å². The van der Waals surface area contributed by atoms with Gasteiger partial charge in [0, 0.05) is 22.6 Å². The van der Waals surface area contributed by atoms with Crippen LogP contribution in [0.25, 0.3) is 0 Å². The van der Waals surface area contributed by atoms with E-state index < -0.39 is 0 Å². The number of nitrogens with zero attached hydrogens (tertiary/aromatic N) is 1. The van der Waals surface area contributed by atoms with E-state index in [2.05, 4.69) is 15.9 Å². The van der Waals surface area contributed by atoms with Crippen molar-refractivity contribution >= 4 is 33.4 Å². The highest BCUT2D eigenvalue weighted by Crippen LogP contribution is 2.31. The second-order valence-electron chi connectivity index (χ2n) is 5.21. The third-order valence-electron chi connectivity index (χ3n) is 4.09. The molecule has 3 nitrogen and oxygen atoms in total. The highest BCUT2D eigenvalue weighted by atomic mass is 79.9. The fourth-order valence-electron chi connectivity index (χ4n) is 3.03. The predicted molar refractivity (Wildman–Crippen MR) is 86.0 cm³/mol. The summed E-state index contributed by atoms with van der Waals surface area (Å²) in [6.45, 7) is 3.38. The fraction of sp³-hybridized carbons (Fsp3) is 0.533. The van der Waals surface area contributed by atoms with E-state index in [-0.39, 0.29) is 11.9 Å². The van der Waals surface area contributed by atoms with Crippen molar-refractivity contribution in [1.29, 1.82) is 0 Å². The lowest BCUT2D eigenvalue weighted by molar-refractivity contribution is 0.0652. The summed E-state index contributed by atoms with van der Waals surface area (Å²) in [5.74, 6) is 0.491. The van der Waals surface area contributed by atoms with Crippen LogP contribution in [0.4, 0.5) is 0 Å². The molecule has 1 fully saturated rings. The van der Waals surface area contributed by atoms with Gasteiger partial charge in [0.15, 0.2) is 0 Å². The summed E-state index contributed by atoms with van der Waals surface area (Å²) in [5, 5.41) is 0.616. The molecule has 1 aliphatic carbocycles. The van der Waals surface area contributed by atoms with Gasteiger partial charge in [-0.3, -0.25) is 4.79 Å². The van der Waals surface area contributed by atoms with Crippen LogP contribution in [0.2, 0.25) is 5.02 Å². The molecule has 0 spiro atoms. The third kappa shape index (κ3) is 3.18. The van der Waals surface area contributed by atoms with Crippen LogP contribution in [-0.2, 0) is 0 Å². The van der Waals surface area contributed by atoms with Crippen LogP contribution in [0.1, 0.15) is 36.5 Å². The normalized spacial score (nSPS) is 22.0. The number of hydrogen-bond donors (Lipinski definition) is 1. The molecule has 2 atom stereocenters. The number of amides is 1. The van der Waals surface area contributed by atoms with E-state index in [4.69, 9.17) is 17.3 Å². The molecular formula is C15H20BrClN2O. The minimum Gasteiger partial charge on any atom is -0.336 e. The second-order valence-corrected chi connectivity index (χ2v) is 6.48. The summed E-state index contributed by atoms with van der Waals surface area (Å²) in [6.07, 6.45) is 3.33. The summed E-state index contributed by atoms with van der Waals surface area (Å²) < 4.78 is 0.753. The van der Waals surface area contributed by atoms with Crippen LogP contribution < -0.4 is 5.73 Å². The van der Waals surface area contributed by atoms with E-state index >= 15 is 0 Å². The molecule has 0 aromatic heterocycles. The number of hydrogen-bond acceptors (Lipinski definition) is 2. The van der Waals surface area contributed by atoms with Crippen molar-refractivity contribution in [2.24, 2.45) is 11.7 Å². The van der Waals surface area contributed by atoms with Crippen molar-refractivity contribution in [3.63, 3.8) is 0 Å². The lowest BCUT2D eigenvalue weighted by Crippen LogP contribution is -2.44. The molecule has 5 heteroatoms. The molecule has 0 saturated heterocycles. The predicted octanol–water partition coefficient (Wildman–Crippen LogP) is 3.69. The first-order chi connectivity index (χ1) is 9.58. The summed E-state index contributed by atoms with van der Waals surface area (Å²) in [5.41, 5.74) is 6.51. The number of rotatable bonds is 4. The molecule has 0 radical (unpaired) electrons. The van der Waals surface area contributed by atoms with Gasteiger partial charge in [-0.05, 0) is 66.4 Å². The summed E-state index contributed by atoms with van der Waals surface area (Å²) in [4.78, 5) is 14.7. The van der Waals surface area contributed by atoms with Crippen LogP contribution in [0.3, 0.4) is 0 Å². The maximum absolute atomic E-state index is 12.7. The number of benzene rings is 1. The van der Waals surface area contributed by atoms with Gasteiger partial charge >= 0.3 is 0 Å². The van der Waals surface area contributed by atoms with Gasteiger partial charge in [-0.2, -0.15) is 0 Å². The van der Waals surface area contributed by atoms with Crippen molar-refractivity contribution in [2.75, 3.05) is 13.1 Å². The SMILES string of the molecule is CCN(C(=O)c1ccc(Cl)c(Br)c1)C1CCCC1CN. The Morgan fingerprint density at radius 3 is 2.85 bits per heavy atom. The first-order valence-corrected chi connectivity index (χ1v) is 8.21. The van der Waals surface area contributed by atoms with Gasteiger partial charge in [-0.25, -0.2) is 0 Å². The summed E-state index contributed by atoms with van der Waals surface area (Å²) in [6, 6.07) is 5.60. The van der Waals surface area contributed by atoms with Gasteiger partial charge < -0.3 is 10.6 Å². The number of halogens is 2. The van der Waals surface area contributed by atoms with Crippen LogP contribution >= 0.6 is 27.5 Å². The molecule has 1 aromatic carbocycles. The second kappa shape index (κ2) is 6.92. The quantitative estimate of drug-likeness (QED) is 0.891. The van der Waals surface area contributed by atoms with E-state index in [0.717, 1.165) is 23.7 Å². The molecule has 1 amide bonds. The average molecular weight is 360 g/mol. The molecule has 1 aromatic rings. The van der Waals surface area contributed by atoms with Crippen LogP contribution in [0.5, 0.6) is 0 Å². The molecule has 0 heterocycles. The Morgan fingerprint density at radius 1 is 1.50 bits per heavy atom. The van der Waals surface area contributed by atoms with E-state index in [9.17, 15) is 4.79 Å². The largest absolute Gasteiger partial charge is 0.336 e. The van der Waals surface area contributed by atoms with Crippen molar-refractivity contribution < 1.29 is 4.79 Å². The van der Waals surface area contributed by atoms with Gasteiger partial charge in [0.1, 0.15) is 0 Å². The Morgan fingerprint density at radius 2 is 2.25 bits per heavy atom. The zero-order valence-corrected chi connectivity index (χ0v) is 14.0. The standard InChI is InChI=1S/C15H20BrClN2O/c1-2-19(14-5-3-4-11(14)9-18)15(20)10-6-7-13(17)12(16)8-10/h6-8,11,14H,2-5,9,18H2,1H3. The van der Waals surface area contributed by atoms with Crippen LogP contribution in [0, 0.1) is 5.92 Å². The molecule has 2 unspecified atom stereocenters. The minimum atomic E-state index is 0.0650. The zero-order valence-electron chi connectivity index (χ0n) is 11.6. The summed E-state index contributed by atoms with van der Waals surface area (Å²) in [7, 11) is 0. The van der Waals surface area contributed by atoms with Crippen molar-refractivity contribution in [1.82, 2.24) is 4.90 Å². The van der Waals surface area contributed by atoms with Crippen molar-refractivity contribution in [3.05, 3.63) is 33.3 Å². The van der Waals surface area contributed by atoms with Crippen LogP contribution in [-0.4, -0.2) is 29.9 Å². The van der Waals surface area contributed by atoms with E-state index in [1.54, 1.807) is 18.2 Å². The number of nitrogens with two attached hydrogens (primary N) is 1. The average Bonchev–Trinajstić information content (AvgIpc) is 2.91. The maximum atomic E-state index is 12.7. The van der Waals surface area contributed by atoms with Crippen molar-refractivity contribution in [3.8, 4) is 0 Å². The smallest absolute Gasteiger partial charge is 0.254 e. The monoisotopic (exact) mass is 358 g/mol. The van der Waals surface area contributed by atoms with Gasteiger partial charge in [0.05, 0.1) is 5.02 Å². The fourth-order valence-corrected chi connectivity index (χ4v) is 3.52. The molecule has 20 heavy (non-hydrogen) atoms. The first-order valence-electron chi connectivity index (χ1n) is 7.04. The molecule has 110 valence electrons. The summed E-state index contributed by atoms with van der Waals surface area (Å²) >= 11 is 9.35. The highest BCUT2D eigenvalue weighted by Gasteiger charge is 2.33. The van der Waals surface area contributed by atoms with Gasteiger partial charge in [-0.1, -0.05) is 18.0 Å². The Bertz CT molecular complexity index is 495. The van der Waals surface area contributed by atoms with Gasteiger partial charge in [0.25, 0.3) is 5.91 Å². The van der Waals surface area contributed by atoms with Crippen molar-refractivity contribution in [2.45, 2.75) is 32.2 Å². The molecule has 0 bridgehead atoms. The molecule has 1 saturated carbocycles. The van der Waals surface area contributed by atoms with Gasteiger partial charge in [0.2, 0.25) is 0 Å². The molecule has 0 aliphatic heterocycles. The Kier molecular flexibility index (Phi) is 5.47. The Hall–Kier alpha value is -0.580. The topological polar surface area (TPSA) is 46.3 Å². The molecule has 2 N–H and O–H groups in total. The Labute approximate surface area is 133 Å². The van der Waals surface area contributed by atoms with E-state index in [1.165, 1.54) is 0 Å². The number of carbonyl (C=O) groups is 1. The molecular weight excluding hydrogens is 340 g/mol.